The molecular formula is C13H16O2S3. The number of cyclic esters (lactones) is 1. The molecule has 1 aromatic heterocycles. The summed E-state index contributed by atoms with van der Waals surface area (Å²) in [6.07, 6.45) is 1.85. The summed E-state index contributed by atoms with van der Waals surface area (Å²) in [5.74, 6) is 2.68. The molecule has 0 aliphatic carbocycles. The molecule has 0 N–H and O–H groups in total. The number of thioether (sulfide) groups is 2. The first-order chi connectivity index (χ1) is 8.71. The van der Waals surface area contributed by atoms with E-state index in [1.165, 1.54) is 27.7 Å². The van der Waals surface area contributed by atoms with Crippen LogP contribution in [0.3, 0.4) is 0 Å². The van der Waals surface area contributed by atoms with Crippen LogP contribution in [0.4, 0.5) is 0 Å². The van der Waals surface area contributed by atoms with E-state index in [0.717, 1.165) is 0 Å². The molecule has 1 unspecified atom stereocenters. The van der Waals surface area contributed by atoms with Gasteiger partial charge in [0.1, 0.15) is 4.08 Å². The zero-order valence-electron chi connectivity index (χ0n) is 10.3. The topological polar surface area (TPSA) is 26.3 Å². The molecule has 18 heavy (non-hydrogen) atoms. The van der Waals surface area contributed by atoms with Crippen molar-refractivity contribution >= 4 is 40.8 Å². The molecule has 2 aliphatic rings. The fourth-order valence-corrected chi connectivity index (χ4v) is 7.43. The van der Waals surface area contributed by atoms with Crippen molar-refractivity contribution in [3.05, 3.63) is 21.9 Å². The lowest BCUT2D eigenvalue weighted by molar-refractivity contribution is -0.137. The minimum Gasteiger partial charge on any atom is -0.465 e. The van der Waals surface area contributed by atoms with Gasteiger partial charge in [0.25, 0.3) is 0 Å². The van der Waals surface area contributed by atoms with E-state index in [9.17, 15) is 4.79 Å². The normalized spacial score (nSPS) is 27.2. The molecule has 2 nitrogen and oxygen atoms in total. The maximum atomic E-state index is 11.4. The Labute approximate surface area is 120 Å². The molecule has 3 heterocycles. The Morgan fingerprint density at radius 3 is 2.67 bits per heavy atom. The monoisotopic (exact) mass is 300 g/mol. The number of hydrogen-bond donors (Lipinski definition) is 0. The molecule has 98 valence electrons. The van der Waals surface area contributed by atoms with Gasteiger partial charge in [-0.25, -0.2) is 0 Å². The highest BCUT2D eigenvalue weighted by molar-refractivity contribution is 8.18. The molecule has 5 heteroatoms. The van der Waals surface area contributed by atoms with E-state index in [-0.39, 0.29) is 10.0 Å². The highest BCUT2D eigenvalue weighted by Gasteiger charge is 2.47. The molecule has 0 radical (unpaired) electrons. The smallest absolute Gasteiger partial charge is 0.306 e. The van der Waals surface area contributed by atoms with Crippen LogP contribution in [0, 0.1) is 12.8 Å². The van der Waals surface area contributed by atoms with E-state index in [4.69, 9.17) is 4.74 Å². The molecular weight excluding hydrogens is 284 g/mol. The summed E-state index contributed by atoms with van der Waals surface area (Å²) in [4.78, 5) is 14.2. The SMILES string of the molecule is Cc1ccc(C2(C3COC(=O)C3)SCCCS2)s1. The molecule has 1 aromatic rings. The van der Waals surface area contributed by atoms with Gasteiger partial charge in [-0.15, -0.1) is 34.9 Å². The molecule has 0 spiro atoms. The lowest BCUT2D eigenvalue weighted by Gasteiger charge is -2.39. The number of carbonyl (C=O) groups excluding carboxylic acids is 1. The van der Waals surface area contributed by atoms with Crippen molar-refractivity contribution < 1.29 is 9.53 Å². The van der Waals surface area contributed by atoms with Gasteiger partial charge in [0.15, 0.2) is 0 Å². The van der Waals surface area contributed by atoms with Crippen LogP contribution in [0.1, 0.15) is 22.6 Å². The minimum atomic E-state index is -0.0283. The number of thiophene rings is 1. The first-order valence-electron chi connectivity index (χ1n) is 6.21. The second-order valence-electron chi connectivity index (χ2n) is 4.71. The predicted octanol–water partition coefficient (Wildman–Crippen LogP) is 3.64. The number of aryl methyl sites for hydroxylation is 1. The Bertz CT molecular complexity index is 449. The average Bonchev–Trinajstić information content (AvgIpc) is 2.99. The molecule has 0 amide bonds. The van der Waals surface area contributed by atoms with Crippen LogP contribution in [0.5, 0.6) is 0 Å². The van der Waals surface area contributed by atoms with Crippen molar-refractivity contribution in [3.8, 4) is 0 Å². The lowest BCUT2D eigenvalue weighted by atomic mass is 10.0. The van der Waals surface area contributed by atoms with Crippen molar-refractivity contribution in [1.29, 1.82) is 0 Å². The number of hydrogen-bond acceptors (Lipinski definition) is 5. The van der Waals surface area contributed by atoms with E-state index in [1.807, 2.05) is 34.9 Å². The van der Waals surface area contributed by atoms with E-state index in [0.29, 0.717) is 18.9 Å². The first-order valence-corrected chi connectivity index (χ1v) is 9.00. The molecule has 2 fully saturated rings. The van der Waals surface area contributed by atoms with Crippen molar-refractivity contribution in [2.45, 2.75) is 23.8 Å². The molecule has 0 saturated carbocycles. The maximum absolute atomic E-state index is 11.4. The highest BCUT2D eigenvalue weighted by Crippen LogP contribution is 2.58. The van der Waals surface area contributed by atoms with Gasteiger partial charge in [-0.05, 0) is 37.0 Å². The molecule has 2 saturated heterocycles. The standard InChI is InChI=1S/C13H16O2S3/c1-9-3-4-11(18-9)13(16-5-2-6-17-13)10-7-12(14)15-8-10/h3-4,10H,2,5-8H2,1H3. The average molecular weight is 300 g/mol. The van der Waals surface area contributed by atoms with Gasteiger partial charge >= 0.3 is 5.97 Å². The van der Waals surface area contributed by atoms with Crippen LogP contribution < -0.4 is 0 Å². The summed E-state index contributed by atoms with van der Waals surface area (Å²) in [6.45, 7) is 2.74. The van der Waals surface area contributed by atoms with Gasteiger partial charge < -0.3 is 4.74 Å². The quantitative estimate of drug-likeness (QED) is 0.779. The summed E-state index contributed by atoms with van der Waals surface area (Å²) in [6, 6.07) is 4.43. The van der Waals surface area contributed by atoms with Crippen LogP contribution >= 0.6 is 34.9 Å². The Balaban J connectivity index is 1.95. The third-order valence-corrected chi connectivity index (χ3v) is 8.45. The molecule has 2 aliphatic heterocycles. The first kappa shape index (κ1) is 12.9. The minimum absolute atomic E-state index is 0.0283. The van der Waals surface area contributed by atoms with Gasteiger partial charge in [0.05, 0.1) is 13.0 Å². The summed E-state index contributed by atoms with van der Waals surface area (Å²) in [5.41, 5.74) is 0. The Morgan fingerprint density at radius 1 is 1.33 bits per heavy atom. The van der Waals surface area contributed by atoms with Gasteiger partial charge in [0.2, 0.25) is 0 Å². The largest absolute Gasteiger partial charge is 0.465 e. The van der Waals surface area contributed by atoms with E-state index >= 15 is 0 Å². The van der Waals surface area contributed by atoms with Crippen molar-refractivity contribution in [1.82, 2.24) is 0 Å². The zero-order chi connectivity index (χ0) is 12.6. The molecule has 1 atom stereocenters. The van der Waals surface area contributed by atoms with Crippen LogP contribution in [0.25, 0.3) is 0 Å². The van der Waals surface area contributed by atoms with Crippen LogP contribution in [-0.4, -0.2) is 24.1 Å². The fraction of sp³-hybridized carbons (Fsp3) is 0.615. The lowest BCUT2D eigenvalue weighted by Crippen LogP contribution is -2.31. The second-order valence-corrected chi connectivity index (χ2v) is 8.94. The number of esters is 1. The number of ether oxygens (including phenoxy) is 1. The van der Waals surface area contributed by atoms with Crippen LogP contribution in [-0.2, 0) is 13.6 Å². The van der Waals surface area contributed by atoms with Crippen molar-refractivity contribution in [2.75, 3.05) is 18.1 Å². The Kier molecular flexibility index (Phi) is 3.65. The maximum Gasteiger partial charge on any atom is 0.306 e. The summed E-state index contributed by atoms with van der Waals surface area (Å²) >= 11 is 5.91. The zero-order valence-corrected chi connectivity index (χ0v) is 12.8. The van der Waals surface area contributed by atoms with Crippen LogP contribution in [0.15, 0.2) is 12.1 Å². The van der Waals surface area contributed by atoms with E-state index in [1.54, 1.807) is 0 Å². The fourth-order valence-electron chi connectivity index (χ4n) is 2.51. The summed E-state index contributed by atoms with van der Waals surface area (Å²) in [5, 5.41) is 0. The third kappa shape index (κ3) is 2.21. The van der Waals surface area contributed by atoms with Crippen molar-refractivity contribution in [3.63, 3.8) is 0 Å². The summed E-state index contributed by atoms with van der Waals surface area (Å²) in [7, 11) is 0. The molecule has 0 bridgehead atoms. The number of rotatable bonds is 2. The van der Waals surface area contributed by atoms with Gasteiger partial charge in [-0.3, -0.25) is 4.79 Å². The highest BCUT2D eigenvalue weighted by atomic mass is 32.2. The van der Waals surface area contributed by atoms with Gasteiger partial charge in [-0.2, -0.15) is 0 Å². The van der Waals surface area contributed by atoms with E-state index in [2.05, 4.69) is 19.1 Å². The van der Waals surface area contributed by atoms with Crippen molar-refractivity contribution in [2.24, 2.45) is 5.92 Å². The predicted molar refractivity (Wildman–Crippen MR) is 79.3 cm³/mol. The Morgan fingerprint density at radius 2 is 2.11 bits per heavy atom. The molecule has 0 aromatic carbocycles. The van der Waals surface area contributed by atoms with Gasteiger partial charge in [-0.1, -0.05) is 0 Å². The molecule has 3 rings (SSSR count). The Hall–Kier alpha value is -0.130. The second kappa shape index (κ2) is 5.10. The third-order valence-electron chi connectivity index (χ3n) is 3.40. The number of carbonyl (C=O) groups is 1. The van der Waals surface area contributed by atoms with Crippen LogP contribution in [0.2, 0.25) is 0 Å². The van der Waals surface area contributed by atoms with E-state index < -0.39 is 0 Å². The summed E-state index contributed by atoms with van der Waals surface area (Å²) < 4.78 is 5.27. The van der Waals surface area contributed by atoms with Gasteiger partial charge in [0, 0.05) is 15.7 Å².